The van der Waals surface area contributed by atoms with E-state index in [1.807, 2.05) is 60.7 Å². The molecule has 5 aromatic carbocycles. The van der Waals surface area contributed by atoms with E-state index in [9.17, 15) is 39.4 Å². The monoisotopic (exact) mass is 1220 g/mol. The van der Waals surface area contributed by atoms with E-state index < -0.39 is 72.5 Å². The van der Waals surface area contributed by atoms with Crippen molar-refractivity contribution in [3.63, 3.8) is 0 Å². The van der Waals surface area contributed by atoms with Crippen molar-refractivity contribution >= 4 is 79.5 Å². The van der Waals surface area contributed by atoms with Crippen LogP contribution >= 0.6 is 31.0 Å². The highest BCUT2D eigenvalue weighted by molar-refractivity contribution is 7.99. The van der Waals surface area contributed by atoms with Gasteiger partial charge in [-0.1, -0.05) is 41.9 Å². The molecular weight excluding hydrogens is 1150 g/mol. The average molecular weight is 1220 g/mol. The number of ether oxygens (including phenoxy) is 1. The second-order valence-corrected chi connectivity index (χ2v) is 27.5. The number of rotatable bonds is 22. The number of benzene rings is 5. The van der Waals surface area contributed by atoms with Crippen LogP contribution in [0.3, 0.4) is 0 Å². The molecule has 2 aliphatic heterocycles. The molecule has 0 spiro atoms. The van der Waals surface area contributed by atoms with Gasteiger partial charge in [0.25, 0.3) is 19.9 Å². The number of hydrogen-bond donors (Lipinski definition) is 4. The summed E-state index contributed by atoms with van der Waals surface area (Å²) in [5.74, 6) is -0.958. The van der Waals surface area contributed by atoms with Crippen LogP contribution in [0.5, 0.6) is 0 Å². The Hall–Kier alpha value is -5.58. The van der Waals surface area contributed by atoms with E-state index >= 15 is 4.39 Å². The maximum Gasteiger partial charge on any atom is 0.501 e. The Morgan fingerprint density at radius 1 is 0.827 bits per heavy atom. The van der Waals surface area contributed by atoms with E-state index in [-0.39, 0.29) is 36.3 Å². The molecule has 436 valence electrons. The molecule has 2 aliphatic rings. The van der Waals surface area contributed by atoms with Crippen molar-refractivity contribution in [1.82, 2.24) is 9.47 Å². The number of carbonyl (C=O) groups excluding carboxylic acids is 1. The molecule has 3 heterocycles. The average Bonchev–Trinajstić information content (AvgIpc) is 4.00. The third-order valence-electron chi connectivity index (χ3n) is 14.7. The van der Waals surface area contributed by atoms with Crippen LogP contribution in [-0.4, -0.2) is 118 Å². The SMILES string of the molecule is Cc1c(-c2cc(F)cc(N3CCN(c4ccc(NS(=O)(=O)c5ccc(N[C@H](CCN6CCC(C(=O)OCCCP(=O)(O)O)CC6)CSc6ccccc6)c(S(=O)(=O)C(F)(F)F)c5)cc4)CC3)c2)c(-c2ccc(Cl)cc2)n(C(C)C)c1C. The fourth-order valence-electron chi connectivity index (χ4n) is 10.4. The van der Waals surface area contributed by atoms with E-state index in [1.165, 1.54) is 30.0 Å². The fraction of sp³-hybridized carbons (Fsp3) is 0.386. The van der Waals surface area contributed by atoms with E-state index in [0.29, 0.717) is 76.2 Å². The Labute approximate surface area is 480 Å². The minimum Gasteiger partial charge on any atom is -0.465 e. The number of esters is 1. The summed E-state index contributed by atoms with van der Waals surface area (Å²) >= 11 is 7.67. The van der Waals surface area contributed by atoms with E-state index in [1.54, 1.807) is 18.2 Å². The summed E-state index contributed by atoms with van der Waals surface area (Å²) in [7, 11) is -15.0. The maximum absolute atomic E-state index is 15.7. The first-order valence-electron chi connectivity index (χ1n) is 26.5. The first-order valence-corrected chi connectivity index (χ1v) is 32.6. The largest absolute Gasteiger partial charge is 0.501 e. The number of sulfonamides is 1. The second kappa shape index (κ2) is 25.9. The molecule has 15 nitrogen and oxygen atoms in total. The first kappa shape index (κ1) is 61.5. The molecule has 0 amide bonds. The molecule has 0 aliphatic carbocycles. The third-order valence-corrected chi connectivity index (χ3v) is 19.9. The highest BCUT2D eigenvalue weighted by atomic mass is 35.5. The molecule has 81 heavy (non-hydrogen) atoms. The van der Waals surface area contributed by atoms with Gasteiger partial charge in [0.15, 0.2) is 0 Å². The van der Waals surface area contributed by atoms with Gasteiger partial charge in [-0.05, 0) is 168 Å². The number of nitrogens with zero attached hydrogens (tertiary/aromatic N) is 4. The van der Waals surface area contributed by atoms with Crippen molar-refractivity contribution in [2.24, 2.45) is 5.92 Å². The van der Waals surface area contributed by atoms with Crippen molar-refractivity contribution in [1.29, 1.82) is 0 Å². The number of nitrogens with one attached hydrogen (secondary N) is 2. The number of piperidine rings is 1. The molecule has 8 rings (SSSR count). The smallest absolute Gasteiger partial charge is 0.465 e. The van der Waals surface area contributed by atoms with Gasteiger partial charge in [-0.15, -0.1) is 11.8 Å². The highest BCUT2D eigenvalue weighted by Crippen LogP contribution is 2.43. The van der Waals surface area contributed by atoms with Crippen molar-refractivity contribution in [3.8, 4) is 22.4 Å². The topological polar surface area (TPSA) is 191 Å². The third kappa shape index (κ3) is 15.4. The van der Waals surface area contributed by atoms with Crippen LogP contribution in [-0.2, 0) is 34.0 Å². The second-order valence-electron chi connectivity index (χ2n) is 20.6. The summed E-state index contributed by atoms with van der Waals surface area (Å²) in [6.07, 6.45) is 0.836. The zero-order valence-electron chi connectivity index (χ0n) is 45.2. The quantitative estimate of drug-likeness (QED) is 0.0165. The maximum atomic E-state index is 15.7. The summed E-state index contributed by atoms with van der Waals surface area (Å²) in [6, 6.07) is 30.5. The molecule has 2 saturated heterocycles. The van der Waals surface area contributed by atoms with Gasteiger partial charge in [0.05, 0.1) is 35.0 Å². The number of hydrogen-bond acceptors (Lipinski definition) is 12. The lowest BCUT2D eigenvalue weighted by atomic mass is 9.96. The van der Waals surface area contributed by atoms with Crippen LogP contribution in [0.25, 0.3) is 22.4 Å². The zero-order chi connectivity index (χ0) is 58.4. The highest BCUT2D eigenvalue weighted by Gasteiger charge is 2.48. The molecule has 1 aromatic heterocycles. The van der Waals surface area contributed by atoms with Crippen LogP contribution in [0.4, 0.5) is 40.3 Å². The van der Waals surface area contributed by atoms with Gasteiger partial charge < -0.3 is 39.1 Å². The number of aromatic nitrogens is 1. The van der Waals surface area contributed by atoms with Gasteiger partial charge in [0, 0.05) is 88.8 Å². The number of thioether (sulfide) groups is 1. The number of likely N-dealkylation sites (tertiary alicyclic amines) is 1. The number of halogens is 5. The van der Waals surface area contributed by atoms with Gasteiger partial charge in [-0.25, -0.2) is 21.2 Å². The number of carbonyl (C=O) groups is 1. The van der Waals surface area contributed by atoms with Crippen molar-refractivity contribution in [3.05, 3.63) is 137 Å². The Morgan fingerprint density at radius 3 is 2.09 bits per heavy atom. The molecule has 24 heteroatoms. The molecule has 2 fully saturated rings. The number of anilines is 4. The van der Waals surface area contributed by atoms with Crippen LogP contribution in [0, 0.1) is 25.6 Å². The van der Waals surface area contributed by atoms with Gasteiger partial charge in [0.1, 0.15) is 10.7 Å². The molecule has 0 bridgehead atoms. The Bertz CT molecular complexity index is 3450. The summed E-state index contributed by atoms with van der Waals surface area (Å²) in [4.78, 5) is 36.0. The molecule has 1 atom stereocenters. The molecule has 0 saturated carbocycles. The van der Waals surface area contributed by atoms with E-state index in [2.05, 4.69) is 57.0 Å². The van der Waals surface area contributed by atoms with Crippen molar-refractivity contribution in [2.45, 2.75) is 85.7 Å². The molecule has 0 unspecified atom stereocenters. The first-order chi connectivity index (χ1) is 38.3. The normalized spacial score (nSPS) is 15.5. The summed E-state index contributed by atoms with van der Waals surface area (Å²) in [6.45, 7) is 11.8. The lowest BCUT2D eigenvalue weighted by Gasteiger charge is -2.37. The number of sulfone groups is 1. The van der Waals surface area contributed by atoms with Gasteiger partial charge in [-0.2, -0.15) is 13.2 Å². The van der Waals surface area contributed by atoms with Gasteiger partial charge in [-0.3, -0.25) is 14.1 Å². The molecule has 6 aromatic rings. The van der Waals surface area contributed by atoms with Crippen LogP contribution in [0.2, 0.25) is 5.02 Å². The minimum atomic E-state index is -6.10. The van der Waals surface area contributed by atoms with Crippen molar-refractivity contribution in [2.75, 3.05) is 84.2 Å². The predicted octanol–water partition coefficient (Wildman–Crippen LogP) is 12.0. The molecule has 4 N–H and O–H groups in total. The molecular formula is C57H66ClF4N6O9PS3. The number of piperazine rings is 1. The lowest BCUT2D eigenvalue weighted by molar-refractivity contribution is -0.150. The van der Waals surface area contributed by atoms with Crippen LogP contribution in [0.15, 0.2) is 130 Å². The van der Waals surface area contributed by atoms with Crippen LogP contribution < -0.4 is 19.8 Å². The summed E-state index contributed by atoms with van der Waals surface area (Å²) in [5.41, 5.74) is 1.14. The zero-order valence-corrected chi connectivity index (χ0v) is 49.3. The Balaban J connectivity index is 0.935. The number of alkyl halides is 3. The lowest BCUT2D eigenvalue weighted by Crippen LogP contribution is -2.46. The molecule has 0 radical (unpaired) electrons. The van der Waals surface area contributed by atoms with Gasteiger partial charge in [0.2, 0.25) is 0 Å². The van der Waals surface area contributed by atoms with Crippen molar-refractivity contribution < 1.29 is 58.3 Å². The van der Waals surface area contributed by atoms with E-state index in [0.717, 1.165) is 62.0 Å². The van der Waals surface area contributed by atoms with Crippen LogP contribution in [0.1, 0.15) is 56.8 Å². The Kier molecular flexibility index (Phi) is 19.7. The predicted molar refractivity (Wildman–Crippen MR) is 312 cm³/mol. The van der Waals surface area contributed by atoms with Gasteiger partial charge >= 0.3 is 19.1 Å². The fourth-order valence-corrected chi connectivity index (χ4v) is 14.1. The summed E-state index contributed by atoms with van der Waals surface area (Å²) in [5, 5.41) is 3.62. The summed E-state index contributed by atoms with van der Waals surface area (Å²) < 4.78 is 134. The Morgan fingerprint density at radius 2 is 1.47 bits per heavy atom. The van der Waals surface area contributed by atoms with E-state index in [4.69, 9.17) is 26.1 Å². The standard InChI is InChI=1S/C57H66ClF4N6O9PS3/c1-38(2)68-40(4)39(3)54(55(68)41-11-13-44(58)14-12-41)43-33-45(59)35-49(34-43)67-29-27-66(28-30-67)48-17-15-46(16-18-48)64-81(75,76)51-19-20-52(53(36-51)80(73,74)57(60,61)62)63-47(37-79-50-9-6-5-7-10-50)23-26-65-24-21-42(22-25-65)56(69)77-31-8-32-78(70,71)72/h5-7,9-20,33-36,38,42,47,63-64H,8,21-32,37H2,1-4H3,(H2,70,71,72)/t47-/m1/s1. The minimum absolute atomic E-state index is 0.0234.